The Morgan fingerprint density at radius 1 is 0.753 bits per heavy atom. The van der Waals surface area contributed by atoms with Crippen LogP contribution in [0.1, 0.15) is 201 Å². The molecule has 486 valence electrons. The molecular weight excluding hydrogens is 1150 g/mol. The number of urea groups is 3. The molecule has 3 aliphatic heterocycles. The van der Waals surface area contributed by atoms with Crippen LogP contribution in [0, 0.1) is 68.4 Å². The van der Waals surface area contributed by atoms with Crippen molar-refractivity contribution in [3.05, 3.63) is 93.9 Å². The summed E-state index contributed by atoms with van der Waals surface area (Å²) in [5.74, 6) is 0.720. The third-order valence-electron chi connectivity index (χ3n) is 25.8. The molecule has 10 aliphatic rings. The molecule has 3 N–H and O–H groups in total. The van der Waals surface area contributed by atoms with Crippen molar-refractivity contribution < 1.29 is 41.3 Å². The van der Waals surface area contributed by atoms with Gasteiger partial charge in [0.15, 0.2) is 0 Å². The first-order valence-electron chi connectivity index (χ1n) is 33.6. The largest absolute Gasteiger partial charge is 0.444 e. The van der Waals surface area contributed by atoms with Gasteiger partial charge in [-0.3, -0.25) is 0 Å². The van der Waals surface area contributed by atoms with Crippen LogP contribution < -0.4 is 16.0 Å². The number of nitrogens with one attached hydrogen (secondary N) is 3. The number of hydrogen-bond donors (Lipinski definition) is 3. The van der Waals surface area contributed by atoms with E-state index in [1.807, 2.05) is 42.5 Å². The van der Waals surface area contributed by atoms with Gasteiger partial charge in [-0.15, -0.1) is 4.59 Å². The van der Waals surface area contributed by atoms with E-state index in [0.717, 1.165) is 81.0 Å². The molecule has 5 unspecified atom stereocenters. The SMILES string of the molecule is CCCCC1=N[N+](C(=O)N[C@H]2C[C@H]3CC[C@]2(C)C3(C)C)(C2(c3ccccc3F)CN(C(=O)N[C@H]3C[C@H]4C[C@@H]([C@@H]3C)C4(C)C)N=C2CCCC)CC1c1ccsc1.COCC(CC(F)(F)F)C1=NN(C(=O)N[C@H]2C[C@H]3CC[C@]2(C)C3(C)C)CC1c1ccccc1. The highest BCUT2D eigenvalue weighted by atomic mass is 32.1. The van der Waals surface area contributed by atoms with Crippen molar-refractivity contribution in [1.82, 2.24) is 26.0 Å². The number of quaternary nitrogens is 1. The van der Waals surface area contributed by atoms with Gasteiger partial charge in [0.25, 0.3) is 0 Å². The molecule has 1 aromatic heterocycles. The van der Waals surface area contributed by atoms with Crippen LogP contribution in [-0.4, -0.2) is 107 Å². The molecule has 0 radical (unpaired) electrons. The number of hydrazone groups is 2. The monoisotopic (exact) mass is 1250 g/mol. The minimum absolute atomic E-state index is 0.00724. The fourth-order valence-electron chi connectivity index (χ4n) is 19.1. The topological polar surface area (TPSA) is 140 Å². The second kappa shape index (κ2) is 24.4. The van der Waals surface area contributed by atoms with E-state index < -0.39 is 35.8 Å². The van der Waals surface area contributed by atoms with Crippen LogP contribution in [0.5, 0.6) is 0 Å². The van der Waals surface area contributed by atoms with Crippen LogP contribution in [0.25, 0.3) is 0 Å². The maximum atomic E-state index is 16.9. The maximum absolute atomic E-state index is 16.9. The second-order valence-corrected chi connectivity index (χ2v) is 31.4. The normalized spacial score (nSPS) is 35.3. The molecule has 6 amide bonds. The zero-order chi connectivity index (χ0) is 63.9. The zero-order valence-corrected chi connectivity index (χ0v) is 55.8. The van der Waals surface area contributed by atoms with E-state index >= 15 is 9.18 Å². The van der Waals surface area contributed by atoms with Gasteiger partial charge in [0.1, 0.15) is 24.6 Å². The Kier molecular flexibility index (Phi) is 17.9. The van der Waals surface area contributed by atoms with Gasteiger partial charge in [0, 0.05) is 37.1 Å². The Labute approximate surface area is 530 Å². The lowest BCUT2D eigenvalue weighted by Gasteiger charge is -2.62. The molecule has 6 bridgehead atoms. The molecule has 15 atom stereocenters. The molecule has 2 aromatic carbocycles. The van der Waals surface area contributed by atoms with Gasteiger partial charge in [-0.1, -0.05) is 137 Å². The number of nitrogens with zero attached hydrogens (tertiary/aromatic N) is 6. The van der Waals surface area contributed by atoms with E-state index in [1.165, 1.54) is 37.4 Å². The summed E-state index contributed by atoms with van der Waals surface area (Å²) in [4.78, 5) is 43.9. The summed E-state index contributed by atoms with van der Waals surface area (Å²) < 4.78 is 61.7. The fourth-order valence-corrected chi connectivity index (χ4v) is 19.8. The van der Waals surface area contributed by atoms with E-state index in [4.69, 9.17) is 14.9 Å². The third-order valence-corrected chi connectivity index (χ3v) is 26.5. The van der Waals surface area contributed by atoms with Crippen molar-refractivity contribution in [2.45, 2.75) is 214 Å². The van der Waals surface area contributed by atoms with Gasteiger partial charge >= 0.3 is 24.3 Å². The molecule has 7 aliphatic carbocycles. The smallest absolute Gasteiger partial charge is 0.384 e. The molecule has 13 nitrogen and oxygen atoms in total. The van der Waals surface area contributed by atoms with Crippen molar-refractivity contribution >= 4 is 46.6 Å². The van der Waals surface area contributed by atoms with Crippen LogP contribution in [0.3, 0.4) is 0 Å². The summed E-state index contributed by atoms with van der Waals surface area (Å²) in [5, 5.41) is 32.8. The first-order chi connectivity index (χ1) is 42.1. The maximum Gasteiger partial charge on any atom is 0.444 e. The van der Waals surface area contributed by atoms with Crippen molar-refractivity contribution in [2.75, 3.05) is 33.4 Å². The number of hydrogen-bond acceptors (Lipinski definition) is 8. The number of fused-ring (bicyclic) bond motifs is 6. The zero-order valence-electron chi connectivity index (χ0n) is 55.0. The molecule has 0 saturated heterocycles. The van der Waals surface area contributed by atoms with Crippen LogP contribution in [0.4, 0.5) is 31.9 Å². The Morgan fingerprint density at radius 3 is 1.94 bits per heavy atom. The molecule has 7 fully saturated rings. The van der Waals surface area contributed by atoms with E-state index in [0.29, 0.717) is 59.5 Å². The highest BCUT2D eigenvalue weighted by Crippen LogP contribution is 2.67. The molecule has 0 spiro atoms. The average Bonchev–Trinajstić information content (AvgIpc) is 1.61. The van der Waals surface area contributed by atoms with Gasteiger partial charge < -0.3 is 20.7 Å². The summed E-state index contributed by atoms with van der Waals surface area (Å²) in [5.41, 5.74) is 3.46. The minimum Gasteiger partial charge on any atom is -0.384 e. The first-order valence-corrected chi connectivity index (χ1v) is 34.5. The number of carbonyl (C=O) groups excluding carboxylic acids is 3. The lowest BCUT2D eigenvalue weighted by atomic mass is 9.45. The number of rotatable bonds is 17. The van der Waals surface area contributed by atoms with E-state index in [9.17, 15) is 22.8 Å². The lowest BCUT2D eigenvalue weighted by molar-refractivity contribution is -0.899. The summed E-state index contributed by atoms with van der Waals surface area (Å²) in [6.07, 6.45) is 8.00. The molecule has 13 rings (SSSR count). The average molecular weight is 1250 g/mol. The van der Waals surface area contributed by atoms with E-state index in [-0.39, 0.29) is 93.5 Å². The summed E-state index contributed by atoms with van der Waals surface area (Å²) >= 11 is 1.65. The number of unbranched alkanes of at least 4 members (excludes halogenated alkanes) is 2. The Morgan fingerprint density at radius 2 is 1.38 bits per heavy atom. The van der Waals surface area contributed by atoms with Crippen molar-refractivity contribution in [3.8, 4) is 0 Å². The van der Waals surface area contributed by atoms with Gasteiger partial charge in [-0.05, 0) is 174 Å². The highest BCUT2D eigenvalue weighted by Gasteiger charge is 2.71. The number of carbonyl (C=O) groups is 3. The Balaban J connectivity index is 0.000000211. The second-order valence-electron chi connectivity index (χ2n) is 30.6. The summed E-state index contributed by atoms with van der Waals surface area (Å²) in [6, 6.07) is 17.6. The quantitative estimate of drug-likeness (QED) is 0.0914. The summed E-state index contributed by atoms with van der Waals surface area (Å²) in [7, 11) is 1.39. The molecular formula is C71H100F4N9O4S+. The third kappa shape index (κ3) is 11.1. The molecule has 4 heterocycles. The van der Waals surface area contributed by atoms with Gasteiger partial charge in [0.2, 0.25) is 5.54 Å². The number of ether oxygens (including phenoxy) is 1. The number of thiophene rings is 1. The Hall–Kier alpha value is -5.20. The Bertz CT molecular complexity index is 3190. The molecule has 3 aromatic rings. The molecule has 89 heavy (non-hydrogen) atoms. The van der Waals surface area contributed by atoms with Crippen LogP contribution in [0.15, 0.2) is 86.7 Å². The number of alkyl halides is 3. The lowest BCUT2D eigenvalue weighted by Crippen LogP contribution is -2.70. The van der Waals surface area contributed by atoms with Crippen LogP contribution >= 0.6 is 11.3 Å². The van der Waals surface area contributed by atoms with E-state index in [1.54, 1.807) is 22.4 Å². The number of amides is 6. The predicted octanol–water partition coefficient (Wildman–Crippen LogP) is 16.4. The number of halogens is 4. The van der Waals surface area contributed by atoms with Gasteiger partial charge in [-0.25, -0.2) is 28.8 Å². The molecule has 18 heteroatoms. The van der Waals surface area contributed by atoms with Crippen molar-refractivity contribution in [2.24, 2.45) is 77.9 Å². The van der Waals surface area contributed by atoms with Gasteiger partial charge in [0.05, 0.1) is 42.5 Å². The number of methoxy groups -OCH3 is 1. The number of benzene rings is 2. The van der Waals surface area contributed by atoms with E-state index in [2.05, 4.69) is 114 Å². The van der Waals surface area contributed by atoms with Gasteiger partial charge in [-0.2, -0.15) is 34.7 Å². The predicted molar refractivity (Wildman–Crippen MR) is 345 cm³/mol. The summed E-state index contributed by atoms with van der Waals surface area (Å²) in [6.45, 7) is 25.7. The first kappa shape index (κ1) is 65.3. The highest BCUT2D eigenvalue weighted by molar-refractivity contribution is 7.08. The molecule has 7 saturated carbocycles. The van der Waals surface area contributed by atoms with Crippen molar-refractivity contribution in [3.63, 3.8) is 0 Å². The minimum atomic E-state index is -4.36. The van der Waals surface area contributed by atoms with Crippen LogP contribution in [-0.2, 0) is 10.3 Å². The standard InChI is InChI=1S/C46H65FN6O2S.C25H34F3N3O2/c1-9-11-17-37-33(30-20-22-56-27-30)26-53(51-37,42(55)49-40-25-31-19-21-45(40,8)44(31,6)7)46(34-15-13-14-16-36(34)47)28-52(50-39(46)18-12-10-2)41(54)48-38-24-32-23-35(29(38)3)43(32,4)5;1-23(2)18-10-11-24(23,3)20(12-18)29-22(32)31-14-19(16-8-6-5-7-9-16)21(30-31)17(15-33-4)13-25(26,27)28/h13-16,20,22,27,29,31-33,35,38,40H,9-12,17-19,21,23-26,28H2,1-8H3,(H-,48,49,54,55);5-9,17-20H,10-15H2,1-4H3,(H,29,32)/p+1/t29-,31+,32+,33?,35-,38-,40-,45-,46?,53?;17?,18-,19?,20+,24+/m01/s1. The van der Waals surface area contributed by atoms with Crippen molar-refractivity contribution in [1.29, 1.82) is 0 Å². The fraction of sp³-hybridized carbons (Fsp3) is 0.690. The van der Waals surface area contributed by atoms with Crippen LogP contribution in [0.2, 0.25) is 0 Å².